The fourth-order valence-corrected chi connectivity index (χ4v) is 2.86. The van der Waals surface area contributed by atoms with Crippen molar-refractivity contribution in [3.8, 4) is 22.4 Å². The summed E-state index contributed by atoms with van der Waals surface area (Å²) in [4.78, 5) is 16.2. The van der Waals surface area contributed by atoms with Gasteiger partial charge in [-0.2, -0.15) is 5.26 Å². The average molecular weight is 350 g/mol. The van der Waals surface area contributed by atoms with Gasteiger partial charge in [0.15, 0.2) is 6.61 Å². The van der Waals surface area contributed by atoms with Crippen LogP contribution in [0.15, 0.2) is 60.0 Å². The minimum atomic E-state index is -0.473. The second-order valence-electron chi connectivity index (χ2n) is 5.10. The van der Waals surface area contributed by atoms with Crippen molar-refractivity contribution in [1.29, 1.82) is 5.26 Å². The molecule has 0 aliphatic heterocycles. The van der Waals surface area contributed by atoms with E-state index < -0.39 is 5.97 Å². The van der Waals surface area contributed by atoms with E-state index in [1.165, 1.54) is 11.3 Å². The van der Waals surface area contributed by atoms with Crippen LogP contribution in [0.3, 0.4) is 0 Å². The van der Waals surface area contributed by atoms with E-state index in [1.807, 2.05) is 41.8 Å². The third-order valence-electron chi connectivity index (χ3n) is 3.29. The zero-order chi connectivity index (χ0) is 17.5. The smallest absolute Gasteiger partial charge is 0.344 e. The van der Waals surface area contributed by atoms with Crippen LogP contribution in [0.4, 0.5) is 0 Å². The van der Waals surface area contributed by atoms with Gasteiger partial charge >= 0.3 is 5.97 Å². The quantitative estimate of drug-likeness (QED) is 0.632. The highest BCUT2D eigenvalue weighted by molar-refractivity contribution is 7.13. The molecular formula is C19H14N2O3S. The van der Waals surface area contributed by atoms with E-state index in [0.29, 0.717) is 17.0 Å². The molecule has 0 saturated carbocycles. The number of carbonyl (C=O) groups excluding carboxylic acids is 1. The Morgan fingerprint density at radius 2 is 1.88 bits per heavy atom. The van der Waals surface area contributed by atoms with E-state index in [9.17, 15) is 4.79 Å². The van der Waals surface area contributed by atoms with Gasteiger partial charge in [0.05, 0.1) is 17.3 Å². The summed E-state index contributed by atoms with van der Waals surface area (Å²) >= 11 is 1.51. The van der Waals surface area contributed by atoms with Gasteiger partial charge < -0.3 is 9.47 Å². The third-order valence-corrected chi connectivity index (χ3v) is 4.23. The number of nitriles is 1. The SMILES string of the molecule is N#Cc1ccc(OCC(=O)OCc2csc(-c3ccccc3)n2)cc1. The van der Waals surface area contributed by atoms with E-state index in [1.54, 1.807) is 24.3 Å². The van der Waals surface area contributed by atoms with Crippen LogP contribution in [0, 0.1) is 11.3 Å². The van der Waals surface area contributed by atoms with Gasteiger partial charge in [-0.3, -0.25) is 0 Å². The summed E-state index contributed by atoms with van der Waals surface area (Å²) in [7, 11) is 0. The van der Waals surface area contributed by atoms with Crippen molar-refractivity contribution in [2.45, 2.75) is 6.61 Å². The van der Waals surface area contributed by atoms with E-state index in [2.05, 4.69) is 4.98 Å². The lowest BCUT2D eigenvalue weighted by Crippen LogP contribution is -2.14. The summed E-state index contributed by atoms with van der Waals surface area (Å²) in [6, 6.07) is 18.4. The Bertz CT molecular complexity index is 883. The molecule has 1 aromatic heterocycles. The van der Waals surface area contributed by atoms with Crippen molar-refractivity contribution in [2.24, 2.45) is 0 Å². The number of carbonyl (C=O) groups is 1. The molecule has 3 aromatic rings. The molecule has 0 fully saturated rings. The highest BCUT2D eigenvalue weighted by atomic mass is 32.1. The number of esters is 1. The molecular weight excluding hydrogens is 336 g/mol. The molecule has 3 rings (SSSR count). The summed E-state index contributed by atoms with van der Waals surface area (Å²) in [5.41, 5.74) is 2.28. The van der Waals surface area contributed by atoms with Crippen LogP contribution in [0.1, 0.15) is 11.3 Å². The maximum absolute atomic E-state index is 11.8. The first-order valence-corrected chi connectivity index (χ1v) is 8.41. The maximum atomic E-state index is 11.8. The monoisotopic (exact) mass is 350 g/mol. The summed E-state index contributed by atoms with van der Waals surface area (Å²) in [6.45, 7) is -0.0829. The van der Waals surface area contributed by atoms with Crippen LogP contribution in [0.2, 0.25) is 0 Å². The first kappa shape index (κ1) is 16.7. The first-order chi connectivity index (χ1) is 12.2. The number of ether oxygens (including phenoxy) is 2. The van der Waals surface area contributed by atoms with Gasteiger partial charge in [0.2, 0.25) is 0 Å². The van der Waals surface area contributed by atoms with Crippen molar-refractivity contribution in [3.05, 3.63) is 71.2 Å². The number of thiazole rings is 1. The van der Waals surface area contributed by atoms with Crippen LogP contribution in [-0.2, 0) is 16.1 Å². The first-order valence-electron chi connectivity index (χ1n) is 7.53. The Balaban J connectivity index is 1.47. The number of aromatic nitrogens is 1. The molecule has 1 heterocycles. The topological polar surface area (TPSA) is 72.2 Å². The van der Waals surface area contributed by atoms with Crippen molar-refractivity contribution in [2.75, 3.05) is 6.61 Å². The highest BCUT2D eigenvalue weighted by Crippen LogP contribution is 2.23. The Kier molecular flexibility index (Phi) is 5.39. The van der Waals surface area contributed by atoms with E-state index in [-0.39, 0.29) is 13.2 Å². The van der Waals surface area contributed by atoms with Crippen molar-refractivity contribution >= 4 is 17.3 Å². The molecule has 25 heavy (non-hydrogen) atoms. The minimum Gasteiger partial charge on any atom is -0.482 e. The van der Waals surface area contributed by atoms with E-state index in [0.717, 1.165) is 10.6 Å². The van der Waals surface area contributed by atoms with Crippen molar-refractivity contribution < 1.29 is 14.3 Å². The maximum Gasteiger partial charge on any atom is 0.344 e. The average Bonchev–Trinajstić information content (AvgIpc) is 3.15. The van der Waals surface area contributed by atoms with Gasteiger partial charge in [0, 0.05) is 10.9 Å². The Hall–Kier alpha value is -3.17. The lowest BCUT2D eigenvalue weighted by Gasteiger charge is -2.06. The summed E-state index contributed by atoms with van der Waals surface area (Å²) < 4.78 is 10.5. The largest absolute Gasteiger partial charge is 0.482 e. The fraction of sp³-hybridized carbons (Fsp3) is 0.105. The molecule has 2 aromatic carbocycles. The molecule has 0 aliphatic carbocycles. The Labute approximate surface area is 149 Å². The molecule has 0 amide bonds. The molecule has 6 heteroatoms. The summed E-state index contributed by atoms with van der Waals surface area (Å²) in [5, 5.41) is 11.5. The van der Waals surface area contributed by atoms with Crippen LogP contribution in [-0.4, -0.2) is 17.6 Å². The Morgan fingerprint density at radius 1 is 1.12 bits per heavy atom. The van der Waals surface area contributed by atoms with Gasteiger partial charge in [0.1, 0.15) is 17.4 Å². The molecule has 124 valence electrons. The standard InChI is InChI=1S/C19H14N2O3S/c20-10-14-6-8-17(9-7-14)23-12-18(22)24-11-16-13-25-19(21-16)15-4-2-1-3-5-15/h1-9,13H,11-12H2. The van der Waals surface area contributed by atoms with Crippen LogP contribution in [0.5, 0.6) is 5.75 Å². The van der Waals surface area contributed by atoms with Crippen LogP contribution < -0.4 is 4.74 Å². The lowest BCUT2D eigenvalue weighted by atomic mass is 10.2. The third kappa shape index (κ3) is 4.66. The molecule has 0 atom stereocenters. The van der Waals surface area contributed by atoms with Gasteiger partial charge in [0.25, 0.3) is 0 Å². The van der Waals surface area contributed by atoms with Crippen molar-refractivity contribution in [3.63, 3.8) is 0 Å². The molecule has 0 saturated heterocycles. The second-order valence-corrected chi connectivity index (χ2v) is 5.95. The van der Waals surface area contributed by atoms with Gasteiger partial charge in [-0.25, -0.2) is 9.78 Å². The van der Waals surface area contributed by atoms with Gasteiger partial charge in [-0.15, -0.1) is 11.3 Å². The zero-order valence-corrected chi connectivity index (χ0v) is 14.0. The number of hydrogen-bond donors (Lipinski definition) is 0. The number of rotatable bonds is 6. The zero-order valence-electron chi connectivity index (χ0n) is 13.2. The van der Waals surface area contributed by atoms with Crippen LogP contribution >= 0.6 is 11.3 Å². The fourth-order valence-electron chi connectivity index (χ4n) is 2.05. The molecule has 0 spiro atoms. The normalized spacial score (nSPS) is 10.0. The highest BCUT2D eigenvalue weighted by Gasteiger charge is 2.08. The number of benzene rings is 2. The number of nitrogens with zero attached hydrogens (tertiary/aromatic N) is 2. The van der Waals surface area contributed by atoms with Crippen LogP contribution in [0.25, 0.3) is 10.6 Å². The minimum absolute atomic E-state index is 0.110. The molecule has 0 unspecified atom stereocenters. The Morgan fingerprint density at radius 3 is 2.60 bits per heavy atom. The van der Waals surface area contributed by atoms with Crippen molar-refractivity contribution in [1.82, 2.24) is 4.98 Å². The van der Waals surface area contributed by atoms with Gasteiger partial charge in [-0.1, -0.05) is 30.3 Å². The molecule has 5 nitrogen and oxygen atoms in total. The summed E-state index contributed by atoms with van der Waals surface area (Å²) in [5.74, 6) is 0.0367. The second kappa shape index (κ2) is 8.08. The lowest BCUT2D eigenvalue weighted by molar-refractivity contribution is -0.147. The summed E-state index contributed by atoms with van der Waals surface area (Å²) in [6.07, 6.45) is 0. The van der Waals surface area contributed by atoms with E-state index >= 15 is 0 Å². The molecule has 0 radical (unpaired) electrons. The molecule has 0 aliphatic rings. The predicted molar refractivity (Wildman–Crippen MR) is 94.0 cm³/mol. The number of hydrogen-bond acceptors (Lipinski definition) is 6. The molecule has 0 bridgehead atoms. The van der Waals surface area contributed by atoms with E-state index in [4.69, 9.17) is 14.7 Å². The molecule has 0 N–H and O–H groups in total. The van der Waals surface area contributed by atoms with Gasteiger partial charge in [-0.05, 0) is 24.3 Å². The predicted octanol–water partition coefficient (Wildman–Crippen LogP) is 3.80.